The van der Waals surface area contributed by atoms with E-state index < -0.39 is 56.0 Å². The van der Waals surface area contributed by atoms with Crippen LogP contribution in [0.25, 0.3) is 0 Å². The minimum absolute atomic E-state index is 0.215. The largest absolute Gasteiger partial charge is 0.464 e. The van der Waals surface area contributed by atoms with Crippen LogP contribution in [0.1, 0.15) is 53.9 Å². The number of nitrogens with two attached hydrogens (primary N) is 1. The molecule has 3 aliphatic heterocycles. The summed E-state index contributed by atoms with van der Waals surface area (Å²) in [5, 5.41) is 2.72. The van der Waals surface area contributed by atoms with Crippen molar-refractivity contribution in [2.75, 3.05) is 13.2 Å². The molecule has 3 heterocycles. The van der Waals surface area contributed by atoms with Gasteiger partial charge in [0.1, 0.15) is 30.1 Å². The molecule has 2 unspecified atom stereocenters. The number of esters is 1. The van der Waals surface area contributed by atoms with Crippen molar-refractivity contribution in [1.29, 1.82) is 0 Å². The van der Waals surface area contributed by atoms with E-state index >= 15 is 0 Å². The van der Waals surface area contributed by atoms with Crippen LogP contribution in [-0.2, 0) is 37.6 Å². The first-order valence-corrected chi connectivity index (χ1v) is 15.9. The molecule has 0 spiro atoms. The van der Waals surface area contributed by atoms with E-state index in [1.54, 1.807) is 74.5 Å². The van der Waals surface area contributed by atoms with Gasteiger partial charge in [0.2, 0.25) is 5.91 Å². The Morgan fingerprint density at radius 2 is 1.86 bits per heavy atom. The molecule has 1 aromatic rings. The molecule has 0 aliphatic carbocycles. The number of rotatable bonds is 14. The lowest BCUT2D eigenvalue weighted by atomic mass is 10.1. The average molecular weight is 608 g/mol. The molecule has 3 N–H and O–H groups in total. The molecule has 232 valence electrons. The zero-order valence-corrected chi connectivity index (χ0v) is 25.7. The third kappa shape index (κ3) is 8.00. The lowest BCUT2D eigenvalue weighted by Crippen LogP contribution is -2.40. The Morgan fingerprint density at radius 1 is 1.17 bits per heavy atom. The summed E-state index contributed by atoms with van der Waals surface area (Å²) >= 11 is 0. The van der Waals surface area contributed by atoms with Gasteiger partial charge in [-0.15, -0.1) is 0 Å². The summed E-state index contributed by atoms with van der Waals surface area (Å²) in [7, 11) is -4.14. The summed E-state index contributed by atoms with van der Waals surface area (Å²) in [5.74, 6) is -1.48. The number of carbonyl (C=O) groups excluding carboxylic acids is 2. The SMILES string of the molecule is CCC(CC)COC(=O)[C@H](C)NP(=O)(OCC1O[C@@H](N2C=CCC(C(N)=O)=C2)[C@@H]2OC(C)(C)O[C@H]12)Oc1ccccc1. The van der Waals surface area contributed by atoms with E-state index in [0.29, 0.717) is 12.0 Å². The number of primary amides is 1. The molecular weight excluding hydrogens is 565 g/mol. The van der Waals surface area contributed by atoms with Crippen LogP contribution in [0.5, 0.6) is 5.75 Å². The molecule has 2 saturated heterocycles. The molecule has 0 aromatic heterocycles. The summed E-state index contributed by atoms with van der Waals surface area (Å²) in [6.07, 6.45) is 4.85. The fraction of sp³-hybridized carbons (Fsp3) is 0.586. The number of allylic oxidation sites excluding steroid dienone is 1. The first kappa shape index (κ1) is 32.2. The van der Waals surface area contributed by atoms with Crippen LogP contribution in [0.4, 0.5) is 0 Å². The van der Waals surface area contributed by atoms with E-state index in [4.69, 9.17) is 33.7 Å². The normalized spacial score (nSPS) is 26.8. The summed E-state index contributed by atoms with van der Waals surface area (Å²) < 4.78 is 49.8. The maximum atomic E-state index is 14.1. The van der Waals surface area contributed by atoms with Crippen molar-refractivity contribution in [1.82, 2.24) is 9.99 Å². The fourth-order valence-corrected chi connectivity index (χ4v) is 6.46. The highest BCUT2D eigenvalue weighted by Crippen LogP contribution is 2.47. The van der Waals surface area contributed by atoms with Crippen LogP contribution < -0.4 is 15.3 Å². The molecule has 12 nitrogen and oxygen atoms in total. The van der Waals surface area contributed by atoms with Crippen LogP contribution in [0.15, 0.2) is 54.4 Å². The van der Waals surface area contributed by atoms with Gasteiger partial charge in [0, 0.05) is 18.0 Å². The third-order valence-electron chi connectivity index (χ3n) is 7.35. The van der Waals surface area contributed by atoms with Crippen molar-refractivity contribution in [2.45, 2.75) is 90.2 Å². The Morgan fingerprint density at radius 3 is 2.52 bits per heavy atom. The van der Waals surface area contributed by atoms with E-state index in [2.05, 4.69) is 5.09 Å². The summed E-state index contributed by atoms with van der Waals surface area (Å²) in [6, 6.07) is 7.53. The Labute approximate surface area is 247 Å². The van der Waals surface area contributed by atoms with Gasteiger partial charge in [-0.3, -0.25) is 14.1 Å². The minimum atomic E-state index is -4.14. The van der Waals surface area contributed by atoms with Gasteiger partial charge in [-0.2, -0.15) is 5.09 Å². The fourth-order valence-electron chi connectivity index (χ4n) is 4.95. The van der Waals surface area contributed by atoms with Crippen LogP contribution >= 0.6 is 7.75 Å². The molecule has 42 heavy (non-hydrogen) atoms. The minimum Gasteiger partial charge on any atom is -0.464 e. The second-order valence-electron chi connectivity index (χ2n) is 11.0. The van der Waals surface area contributed by atoms with Gasteiger partial charge in [0.05, 0.1) is 13.2 Å². The van der Waals surface area contributed by atoms with Gasteiger partial charge in [-0.05, 0) is 45.2 Å². The number of hydrogen-bond donors (Lipinski definition) is 2. The predicted molar refractivity (Wildman–Crippen MR) is 154 cm³/mol. The molecule has 0 bridgehead atoms. The first-order chi connectivity index (χ1) is 19.9. The molecule has 2 fully saturated rings. The maximum Gasteiger partial charge on any atom is 0.459 e. The van der Waals surface area contributed by atoms with Gasteiger partial charge >= 0.3 is 13.7 Å². The monoisotopic (exact) mass is 607 g/mol. The molecule has 6 atom stereocenters. The quantitative estimate of drug-likeness (QED) is 0.234. The molecular formula is C29H42N3O9P. The number of benzene rings is 1. The highest BCUT2D eigenvalue weighted by atomic mass is 31.2. The molecule has 0 saturated carbocycles. The van der Waals surface area contributed by atoms with E-state index in [9.17, 15) is 14.2 Å². The molecule has 13 heteroatoms. The van der Waals surface area contributed by atoms with Gasteiger partial charge in [-0.25, -0.2) is 4.57 Å². The van der Waals surface area contributed by atoms with Gasteiger partial charge in [0.15, 0.2) is 12.0 Å². The molecule has 1 amide bonds. The number of para-hydroxylation sites is 1. The van der Waals surface area contributed by atoms with E-state index in [1.807, 2.05) is 13.8 Å². The zero-order chi connectivity index (χ0) is 30.5. The number of nitrogens with zero attached hydrogens (tertiary/aromatic N) is 1. The second-order valence-corrected chi connectivity index (χ2v) is 12.7. The number of ether oxygens (including phenoxy) is 4. The lowest BCUT2D eigenvalue weighted by Gasteiger charge is -2.31. The summed E-state index contributed by atoms with van der Waals surface area (Å²) in [5.41, 5.74) is 5.93. The van der Waals surface area contributed by atoms with Gasteiger partial charge in [0.25, 0.3) is 0 Å². The number of hydrogen-bond acceptors (Lipinski definition) is 10. The third-order valence-corrected chi connectivity index (χ3v) is 9.00. The van der Waals surface area contributed by atoms with E-state index in [-0.39, 0.29) is 24.9 Å². The maximum absolute atomic E-state index is 14.1. The highest BCUT2D eigenvalue weighted by Gasteiger charge is 2.57. The Balaban J connectivity index is 1.49. The van der Waals surface area contributed by atoms with Crippen LogP contribution in [-0.4, -0.2) is 66.4 Å². The van der Waals surface area contributed by atoms with Crippen molar-refractivity contribution < 1.29 is 42.1 Å². The topological polar surface area (TPSA) is 148 Å². The second kappa shape index (κ2) is 13.7. The standard InChI is InChI=1S/C29H42N3O9P/c1-6-20(7-2)17-36-28(34)19(3)31-42(35,41-22-13-9-8-10-14-22)37-18-23-24-25(40-29(4,5)39-24)27(38-23)32-15-11-12-21(16-32)26(30)33/h8-11,13-16,19-20,23-25,27H,6-7,12,17-18H2,1-5H3,(H2,30,33)(H,31,35)/t19-,23?,24+,25+,27+,42?/m0/s1. The van der Waals surface area contributed by atoms with Crippen molar-refractivity contribution in [3.63, 3.8) is 0 Å². The van der Waals surface area contributed by atoms with Crippen molar-refractivity contribution in [3.8, 4) is 5.75 Å². The van der Waals surface area contributed by atoms with Crippen molar-refractivity contribution in [3.05, 3.63) is 54.4 Å². The highest BCUT2D eigenvalue weighted by molar-refractivity contribution is 7.52. The Kier molecular flexibility index (Phi) is 10.5. The molecule has 3 aliphatic rings. The molecule has 0 radical (unpaired) electrons. The molecule has 4 rings (SSSR count). The van der Waals surface area contributed by atoms with E-state index in [1.165, 1.54) is 0 Å². The zero-order valence-electron chi connectivity index (χ0n) is 24.8. The first-order valence-electron chi connectivity index (χ1n) is 14.3. The summed E-state index contributed by atoms with van der Waals surface area (Å²) in [4.78, 5) is 26.3. The summed E-state index contributed by atoms with van der Waals surface area (Å²) in [6.45, 7) is 9.25. The van der Waals surface area contributed by atoms with Crippen LogP contribution in [0.3, 0.4) is 0 Å². The smallest absolute Gasteiger partial charge is 0.459 e. The van der Waals surface area contributed by atoms with Crippen LogP contribution in [0.2, 0.25) is 0 Å². The van der Waals surface area contributed by atoms with Crippen molar-refractivity contribution >= 4 is 19.6 Å². The average Bonchev–Trinajstić information content (AvgIpc) is 3.45. The van der Waals surface area contributed by atoms with Crippen molar-refractivity contribution in [2.24, 2.45) is 11.7 Å². The van der Waals surface area contributed by atoms with Gasteiger partial charge in [-0.1, -0.05) is 51.0 Å². The number of amides is 1. The number of nitrogens with one attached hydrogen (secondary N) is 1. The number of fused-ring (bicyclic) bond motifs is 1. The lowest BCUT2D eigenvalue weighted by molar-refractivity contribution is -0.201. The number of carbonyl (C=O) groups is 2. The Hall–Kier alpha value is -2.73. The Bertz CT molecular complexity index is 1200. The molecule has 1 aromatic carbocycles. The van der Waals surface area contributed by atoms with E-state index in [0.717, 1.165) is 12.8 Å². The predicted octanol–water partition coefficient (Wildman–Crippen LogP) is 3.98. The van der Waals surface area contributed by atoms with Gasteiger partial charge < -0.3 is 34.1 Å². The van der Waals surface area contributed by atoms with Crippen LogP contribution in [0, 0.1) is 5.92 Å².